The van der Waals surface area contributed by atoms with Crippen LogP contribution in [0, 0.1) is 15.9 Å². The summed E-state index contributed by atoms with van der Waals surface area (Å²) in [5.74, 6) is -0.387. The van der Waals surface area contributed by atoms with E-state index >= 15 is 0 Å². The minimum Gasteiger partial charge on any atom is -0.338 e. The number of hydrogen-bond donors (Lipinski definition) is 0. The molecule has 0 bridgehead atoms. The van der Waals surface area contributed by atoms with Crippen LogP contribution in [-0.2, 0) is 16.9 Å². The van der Waals surface area contributed by atoms with Gasteiger partial charge in [-0.05, 0) is 31.5 Å². The molecule has 0 unspecified atom stereocenters. The van der Waals surface area contributed by atoms with Crippen LogP contribution >= 0.6 is 0 Å². The van der Waals surface area contributed by atoms with E-state index in [2.05, 4.69) is 10.00 Å². The van der Waals surface area contributed by atoms with Crippen LogP contribution in [0.3, 0.4) is 0 Å². The van der Waals surface area contributed by atoms with Crippen molar-refractivity contribution in [3.05, 3.63) is 58.2 Å². The molecule has 2 aromatic rings. The Labute approximate surface area is 156 Å². The molecule has 2 heterocycles. The van der Waals surface area contributed by atoms with Crippen molar-refractivity contribution in [1.82, 2.24) is 19.6 Å². The Kier molecular flexibility index (Phi) is 5.22. The molecule has 0 saturated carbocycles. The zero-order valence-corrected chi connectivity index (χ0v) is 15.3. The fraction of sp³-hybridized carbons (Fsp3) is 0.444. The first kappa shape index (κ1) is 19.0. The monoisotopic (exact) mass is 375 g/mol. The third-order valence-electron chi connectivity index (χ3n) is 4.83. The molecule has 8 nitrogen and oxygen atoms in total. The summed E-state index contributed by atoms with van der Waals surface area (Å²) in [5.41, 5.74) is -0.256. The van der Waals surface area contributed by atoms with Crippen LogP contribution in [0.5, 0.6) is 0 Å². The molecular weight excluding hydrogens is 353 g/mol. The van der Waals surface area contributed by atoms with Crippen molar-refractivity contribution >= 4 is 11.6 Å². The Morgan fingerprint density at radius 3 is 2.59 bits per heavy atom. The quantitative estimate of drug-likeness (QED) is 0.590. The lowest BCUT2D eigenvalue weighted by atomic mass is 10.0. The second-order valence-corrected chi connectivity index (χ2v) is 7.16. The summed E-state index contributed by atoms with van der Waals surface area (Å²) in [4.78, 5) is 27.2. The first-order valence-electron chi connectivity index (χ1n) is 8.73. The molecule has 144 valence electrons. The predicted molar refractivity (Wildman–Crippen MR) is 96.5 cm³/mol. The number of amides is 1. The Morgan fingerprint density at radius 1 is 1.30 bits per heavy atom. The number of carbonyl (C=O) groups is 1. The maximum atomic E-state index is 13.3. The summed E-state index contributed by atoms with van der Waals surface area (Å²) in [6, 6.07) is 6.51. The predicted octanol–water partition coefficient (Wildman–Crippen LogP) is 2.01. The number of halogens is 1. The number of piperazine rings is 1. The molecule has 1 saturated heterocycles. The van der Waals surface area contributed by atoms with Crippen molar-refractivity contribution in [3.63, 3.8) is 0 Å². The number of nitrogens with zero attached hydrogens (tertiary/aromatic N) is 5. The highest BCUT2D eigenvalue weighted by Crippen LogP contribution is 2.22. The summed E-state index contributed by atoms with van der Waals surface area (Å²) in [5, 5.41) is 14.8. The van der Waals surface area contributed by atoms with E-state index in [0.717, 1.165) is 11.8 Å². The van der Waals surface area contributed by atoms with Gasteiger partial charge in [0.05, 0.1) is 4.92 Å². The molecule has 0 spiro atoms. The highest BCUT2D eigenvalue weighted by atomic mass is 19.1. The fourth-order valence-electron chi connectivity index (χ4n) is 3.20. The molecule has 1 aromatic heterocycles. The number of nitro groups is 1. The van der Waals surface area contributed by atoms with E-state index in [1.165, 1.54) is 23.0 Å². The number of carbonyl (C=O) groups excluding carboxylic acids is 1. The van der Waals surface area contributed by atoms with Gasteiger partial charge >= 0.3 is 5.69 Å². The average molecular weight is 375 g/mol. The van der Waals surface area contributed by atoms with Gasteiger partial charge < -0.3 is 4.90 Å². The van der Waals surface area contributed by atoms with Crippen molar-refractivity contribution in [3.8, 4) is 0 Å². The Hall–Kier alpha value is -2.81. The van der Waals surface area contributed by atoms with Crippen LogP contribution in [0.25, 0.3) is 0 Å². The average Bonchev–Trinajstić information content (AvgIpc) is 3.13. The Balaban J connectivity index is 1.61. The van der Waals surface area contributed by atoms with E-state index in [0.29, 0.717) is 32.7 Å². The molecule has 1 aromatic carbocycles. The molecule has 3 rings (SSSR count). The summed E-state index contributed by atoms with van der Waals surface area (Å²) >= 11 is 0. The van der Waals surface area contributed by atoms with E-state index in [1.807, 2.05) is 6.07 Å². The normalized spacial score (nSPS) is 15.7. The SMILES string of the molecule is CC(C)(C(=O)N1CCN(Cc2cccc(F)c2)CC1)n1cc([N+](=O)[O-])cn1. The number of rotatable bonds is 5. The Morgan fingerprint density at radius 2 is 2.00 bits per heavy atom. The molecule has 0 radical (unpaired) electrons. The first-order chi connectivity index (χ1) is 12.8. The largest absolute Gasteiger partial charge is 0.338 e. The summed E-state index contributed by atoms with van der Waals surface area (Å²) in [6.07, 6.45) is 2.42. The molecule has 1 amide bonds. The van der Waals surface area contributed by atoms with Crippen LogP contribution in [-0.4, -0.2) is 56.6 Å². The minimum absolute atomic E-state index is 0.133. The molecule has 9 heteroatoms. The lowest BCUT2D eigenvalue weighted by Gasteiger charge is -2.38. The van der Waals surface area contributed by atoms with Crippen molar-refractivity contribution in [2.45, 2.75) is 25.9 Å². The maximum Gasteiger partial charge on any atom is 0.307 e. The molecular formula is C18H22FN5O3. The first-order valence-corrected chi connectivity index (χ1v) is 8.73. The number of hydrogen-bond acceptors (Lipinski definition) is 5. The van der Waals surface area contributed by atoms with Crippen LogP contribution < -0.4 is 0 Å². The molecule has 0 aliphatic carbocycles. The highest BCUT2D eigenvalue weighted by Gasteiger charge is 2.36. The van der Waals surface area contributed by atoms with Gasteiger partial charge in [-0.1, -0.05) is 12.1 Å². The molecule has 1 fully saturated rings. The van der Waals surface area contributed by atoms with Crippen molar-refractivity contribution in [2.24, 2.45) is 0 Å². The van der Waals surface area contributed by atoms with Crippen LogP contribution in [0.1, 0.15) is 19.4 Å². The van der Waals surface area contributed by atoms with Crippen molar-refractivity contribution in [1.29, 1.82) is 0 Å². The summed E-state index contributed by atoms with van der Waals surface area (Å²) in [6.45, 7) is 6.47. The Bertz CT molecular complexity index is 843. The van der Waals surface area contributed by atoms with Gasteiger partial charge in [-0.3, -0.25) is 24.5 Å². The van der Waals surface area contributed by atoms with E-state index in [4.69, 9.17) is 0 Å². The molecule has 0 atom stereocenters. The third kappa shape index (κ3) is 4.13. The van der Waals surface area contributed by atoms with E-state index in [1.54, 1.807) is 24.8 Å². The smallest absolute Gasteiger partial charge is 0.307 e. The molecule has 1 aliphatic rings. The molecule has 27 heavy (non-hydrogen) atoms. The minimum atomic E-state index is -1.01. The molecule has 0 N–H and O–H groups in total. The molecule has 1 aliphatic heterocycles. The highest BCUT2D eigenvalue weighted by molar-refractivity contribution is 5.83. The standard InChI is InChI=1S/C18H22FN5O3/c1-18(2,23-13-16(11-20-23)24(26)27)17(25)22-8-6-21(7-9-22)12-14-4-3-5-15(19)10-14/h3-5,10-11,13H,6-9,12H2,1-2H3. The summed E-state index contributed by atoms with van der Waals surface area (Å²) in [7, 11) is 0. The number of benzene rings is 1. The number of aromatic nitrogens is 2. The second kappa shape index (κ2) is 7.43. The van der Waals surface area contributed by atoms with Gasteiger partial charge in [-0.25, -0.2) is 4.39 Å². The second-order valence-electron chi connectivity index (χ2n) is 7.16. The zero-order valence-electron chi connectivity index (χ0n) is 15.3. The van der Waals surface area contributed by atoms with Crippen LogP contribution in [0.15, 0.2) is 36.7 Å². The lowest BCUT2D eigenvalue weighted by molar-refractivity contribution is -0.385. The van der Waals surface area contributed by atoms with Crippen molar-refractivity contribution in [2.75, 3.05) is 26.2 Å². The van der Waals surface area contributed by atoms with Crippen molar-refractivity contribution < 1.29 is 14.1 Å². The van der Waals surface area contributed by atoms with Crippen LogP contribution in [0.2, 0.25) is 0 Å². The van der Waals surface area contributed by atoms with E-state index < -0.39 is 10.5 Å². The van der Waals surface area contributed by atoms with Crippen LogP contribution in [0.4, 0.5) is 10.1 Å². The third-order valence-corrected chi connectivity index (χ3v) is 4.83. The van der Waals surface area contributed by atoms with Gasteiger partial charge in [-0.15, -0.1) is 0 Å². The van der Waals surface area contributed by atoms with Gasteiger partial charge in [0, 0.05) is 32.7 Å². The lowest BCUT2D eigenvalue weighted by Crippen LogP contribution is -2.54. The van der Waals surface area contributed by atoms with E-state index in [9.17, 15) is 19.3 Å². The zero-order chi connectivity index (χ0) is 19.6. The van der Waals surface area contributed by atoms with E-state index in [-0.39, 0.29) is 17.4 Å². The van der Waals surface area contributed by atoms with Gasteiger partial charge in [0.2, 0.25) is 5.91 Å². The van der Waals surface area contributed by atoms with Gasteiger partial charge in [0.25, 0.3) is 0 Å². The van der Waals surface area contributed by atoms with Gasteiger partial charge in [0.15, 0.2) is 0 Å². The summed E-state index contributed by atoms with van der Waals surface area (Å²) < 4.78 is 14.7. The fourth-order valence-corrected chi connectivity index (χ4v) is 3.20. The topological polar surface area (TPSA) is 84.5 Å². The van der Waals surface area contributed by atoms with Gasteiger partial charge in [-0.2, -0.15) is 5.10 Å². The van der Waals surface area contributed by atoms with Gasteiger partial charge in [0.1, 0.15) is 23.7 Å². The maximum absolute atomic E-state index is 13.3.